The molecule has 0 N–H and O–H groups in total. The predicted molar refractivity (Wildman–Crippen MR) is 60.2 cm³/mol. The van der Waals surface area contributed by atoms with Crippen LogP contribution in [-0.2, 0) is 6.42 Å². The Balaban J connectivity index is 2.13. The number of hydrogen-bond donors (Lipinski definition) is 0. The topological polar surface area (TPSA) is 18.5 Å². The molecule has 1 heterocycles. The summed E-state index contributed by atoms with van der Waals surface area (Å²) in [7, 11) is 0. The molecule has 2 heteroatoms. The fourth-order valence-electron chi connectivity index (χ4n) is 1.61. The first-order valence-corrected chi connectivity index (χ1v) is 4.98. The Labute approximate surface area is 89.8 Å². The molecule has 0 amide bonds. The maximum Gasteiger partial charge on any atom is 0.231 e. The third kappa shape index (κ3) is 2.21. The van der Waals surface area contributed by atoms with Crippen LogP contribution in [0, 0.1) is 0 Å². The third-order valence-corrected chi connectivity index (χ3v) is 2.27. The molecule has 0 bridgehead atoms. The van der Waals surface area contributed by atoms with Crippen molar-refractivity contribution in [1.29, 1.82) is 0 Å². The van der Waals surface area contributed by atoms with Crippen LogP contribution in [0.5, 0.6) is 11.5 Å². The van der Waals surface area contributed by atoms with Crippen LogP contribution >= 0.6 is 0 Å². The molecule has 0 saturated heterocycles. The smallest absolute Gasteiger partial charge is 0.231 e. The monoisotopic (exact) mass is 202 g/mol. The summed E-state index contributed by atoms with van der Waals surface area (Å²) in [4.78, 5) is 0. The standard InChI is InChI=1S/C13H14O2/c1-3-4-10(2)7-11-5-6-12-13(8-11)15-9-14-12/h3-6,8H,2,7,9H2,1H3. The number of ether oxygens (including phenoxy) is 2. The van der Waals surface area contributed by atoms with Crippen molar-refractivity contribution >= 4 is 0 Å². The fourth-order valence-corrected chi connectivity index (χ4v) is 1.61. The number of hydrogen-bond acceptors (Lipinski definition) is 2. The molecule has 0 aromatic heterocycles. The Hall–Kier alpha value is -1.70. The van der Waals surface area contributed by atoms with Gasteiger partial charge in [0.25, 0.3) is 0 Å². The highest BCUT2D eigenvalue weighted by atomic mass is 16.7. The van der Waals surface area contributed by atoms with Crippen molar-refractivity contribution in [1.82, 2.24) is 0 Å². The Morgan fingerprint density at radius 1 is 1.40 bits per heavy atom. The molecule has 78 valence electrons. The van der Waals surface area contributed by atoms with Crippen molar-refractivity contribution in [2.24, 2.45) is 0 Å². The quantitative estimate of drug-likeness (QED) is 0.701. The van der Waals surface area contributed by atoms with Gasteiger partial charge in [-0.05, 0) is 31.0 Å². The molecule has 0 fully saturated rings. The van der Waals surface area contributed by atoms with Gasteiger partial charge in [-0.25, -0.2) is 0 Å². The van der Waals surface area contributed by atoms with Crippen LogP contribution in [0.15, 0.2) is 42.5 Å². The van der Waals surface area contributed by atoms with E-state index in [0.717, 1.165) is 23.5 Å². The molecular weight excluding hydrogens is 188 g/mol. The Morgan fingerprint density at radius 3 is 3.00 bits per heavy atom. The average Bonchev–Trinajstić information content (AvgIpc) is 2.65. The van der Waals surface area contributed by atoms with E-state index in [1.807, 2.05) is 37.3 Å². The first kappa shape index (κ1) is 9.84. The maximum atomic E-state index is 5.31. The average molecular weight is 202 g/mol. The van der Waals surface area contributed by atoms with Crippen molar-refractivity contribution in [2.45, 2.75) is 13.3 Å². The zero-order chi connectivity index (χ0) is 10.7. The minimum Gasteiger partial charge on any atom is -0.454 e. The number of fused-ring (bicyclic) bond motifs is 1. The van der Waals surface area contributed by atoms with Gasteiger partial charge in [-0.1, -0.05) is 30.4 Å². The molecule has 0 saturated carbocycles. The maximum absolute atomic E-state index is 5.31. The van der Waals surface area contributed by atoms with E-state index in [9.17, 15) is 0 Å². The molecule has 1 aliphatic rings. The molecule has 0 atom stereocenters. The minimum absolute atomic E-state index is 0.328. The van der Waals surface area contributed by atoms with Crippen molar-refractivity contribution in [3.8, 4) is 11.5 Å². The van der Waals surface area contributed by atoms with Crippen LogP contribution in [0.25, 0.3) is 0 Å². The highest BCUT2D eigenvalue weighted by molar-refractivity contribution is 5.45. The fraction of sp³-hybridized carbons (Fsp3) is 0.231. The van der Waals surface area contributed by atoms with E-state index in [1.165, 1.54) is 5.56 Å². The van der Waals surface area contributed by atoms with Crippen LogP contribution in [0.4, 0.5) is 0 Å². The molecule has 1 aromatic rings. The summed E-state index contributed by atoms with van der Waals surface area (Å²) in [5.74, 6) is 1.66. The number of benzene rings is 1. The van der Waals surface area contributed by atoms with E-state index in [2.05, 4.69) is 6.58 Å². The lowest BCUT2D eigenvalue weighted by atomic mass is 10.1. The zero-order valence-corrected chi connectivity index (χ0v) is 8.82. The van der Waals surface area contributed by atoms with Gasteiger partial charge in [0.05, 0.1) is 0 Å². The SMILES string of the molecule is C=C(C=CC)Cc1ccc2c(c1)OCO2. The van der Waals surface area contributed by atoms with E-state index in [-0.39, 0.29) is 0 Å². The molecule has 1 aliphatic heterocycles. The highest BCUT2D eigenvalue weighted by Crippen LogP contribution is 2.32. The van der Waals surface area contributed by atoms with Gasteiger partial charge < -0.3 is 9.47 Å². The predicted octanol–water partition coefficient (Wildman–Crippen LogP) is 3.09. The molecule has 1 aromatic carbocycles. The zero-order valence-electron chi connectivity index (χ0n) is 8.82. The summed E-state index contributed by atoms with van der Waals surface area (Å²) in [6.07, 6.45) is 4.86. The first-order valence-electron chi connectivity index (χ1n) is 4.98. The van der Waals surface area contributed by atoms with Gasteiger partial charge in [0.15, 0.2) is 11.5 Å². The Morgan fingerprint density at radius 2 is 2.20 bits per heavy atom. The van der Waals surface area contributed by atoms with Crippen molar-refractivity contribution in [3.05, 3.63) is 48.1 Å². The van der Waals surface area contributed by atoms with E-state index in [4.69, 9.17) is 9.47 Å². The minimum atomic E-state index is 0.328. The van der Waals surface area contributed by atoms with Gasteiger partial charge in [-0.2, -0.15) is 0 Å². The first-order chi connectivity index (χ1) is 7.29. The van der Waals surface area contributed by atoms with Crippen molar-refractivity contribution < 1.29 is 9.47 Å². The van der Waals surface area contributed by atoms with Gasteiger partial charge in [0.2, 0.25) is 6.79 Å². The van der Waals surface area contributed by atoms with Crippen LogP contribution < -0.4 is 9.47 Å². The molecule has 0 aliphatic carbocycles. The van der Waals surface area contributed by atoms with Gasteiger partial charge >= 0.3 is 0 Å². The summed E-state index contributed by atoms with van der Waals surface area (Å²) in [5.41, 5.74) is 2.29. The van der Waals surface area contributed by atoms with Gasteiger partial charge in [0, 0.05) is 0 Å². The van der Waals surface area contributed by atoms with Crippen LogP contribution in [0.1, 0.15) is 12.5 Å². The normalized spacial score (nSPS) is 13.4. The third-order valence-electron chi connectivity index (χ3n) is 2.27. The Kier molecular flexibility index (Phi) is 2.77. The lowest BCUT2D eigenvalue weighted by Gasteiger charge is -2.02. The largest absolute Gasteiger partial charge is 0.454 e. The number of rotatable bonds is 3. The van der Waals surface area contributed by atoms with Crippen LogP contribution in [-0.4, -0.2) is 6.79 Å². The van der Waals surface area contributed by atoms with Crippen LogP contribution in [0.3, 0.4) is 0 Å². The molecular formula is C13H14O2. The summed E-state index contributed by atoms with van der Waals surface area (Å²) in [6.45, 7) is 6.29. The van der Waals surface area contributed by atoms with E-state index < -0.39 is 0 Å². The summed E-state index contributed by atoms with van der Waals surface area (Å²) < 4.78 is 10.6. The van der Waals surface area contributed by atoms with Crippen molar-refractivity contribution in [2.75, 3.05) is 6.79 Å². The molecule has 0 spiro atoms. The lowest BCUT2D eigenvalue weighted by molar-refractivity contribution is 0.174. The van der Waals surface area contributed by atoms with Gasteiger partial charge in [-0.3, -0.25) is 0 Å². The second kappa shape index (κ2) is 4.22. The lowest BCUT2D eigenvalue weighted by Crippen LogP contribution is -1.93. The molecule has 2 nitrogen and oxygen atoms in total. The summed E-state index contributed by atoms with van der Waals surface area (Å²) >= 11 is 0. The number of allylic oxidation sites excluding steroid dienone is 3. The van der Waals surface area contributed by atoms with Crippen LogP contribution in [0.2, 0.25) is 0 Å². The highest BCUT2D eigenvalue weighted by Gasteiger charge is 2.12. The summed E-state index contributed by atoms with van der Waals surface area (Å²) in [6, 6.07) is 6.00. The second-order valence-corrected chi connectivity index (χ2v) is 3.52. The van der Waals surface area contributed by atoms with Gasteiger partial charge in [-0.15, -0.1) is 0 Å². The second-order valence-electron chi connectivity index (χ2n) is 3.52. The molecule has 2 rings (SSSR count). The van der Waals surface area contributed by atoms with E-state index in [0.29, 0.717) is 6.79 Å². The molecule has 0 unspecified atom stereocenters. The van der Waals surface area contributed by atoms with Crippen molar-refractivity contribution in [3.63, 3.8) is 0 Å². The Bertz CT molecular complexity index is 405. The van der Waals surface area contributed by atoms with E-state index >= 15 is 0 Å². The van der Waals surface area contributed by atoms with E-state index in [1.54, 1.807) is 0 Å². The molecule has 15 heavy (non-hydrogen) atoms. The molecule has 0 radical (unpaired) electrons. The summed E-state index contributed by atoms with van der Waals surface area (Å²) in [5, 5.41) is 0. The van der Waals surface area contributed by atoms with Gasteiger partial charge in [0.1, 0.15) is 0 Å².